The standard InChI is InChI=1S/C9H15NO3S/c1-10-7-3-4-8(10)6-9(5-7)13-14(2,11)12/h3-4,7-9H,5-6H2,1-2H3. The first-order valence-electron chi connectivity index (χ1n) is 4.74. The lowest BCUT2D eigenvalue weighted by atomic mass is 10.00. The Balaban J connectivity index is 2.02. The molecule has 4 nitrogen and oxygen atoms in total. The summed E-state index contributed by atoms with van der Waals surface area (Å²) < 4.78 is 26.9. The summed E-state index contributed by atoms with van der Waals surface area (Å²) in [5, 5.41) is 0. The normalized spacial score (nSPS) is 37.7. The molecule has 0 N–H and O–H groups in total. The van der Waals surface area contributed by atoms with E-state index >= 15 is 0 Å². The van der Waals surface area contributed by atoms with Crippen molar-refractivity contribution in [1.82, 2.24) is 4.90 Å². The fraction of sp³-hybridized carbons (Fsp3) is 0.778. The van der Waals surface area contributed by atoms with E-state index in [1.165, 1.54) is 0 Å². The molecular weight excluding hydrogens is 202 g/mol. The van der Waals surface area contributed by atoms with Crippen molar-refractivity contribution in [1.29, 1.82) is 0 Å². The van der Waals surface area contributed by atoms with E-state index in [2.05, 4.69) is 24.1 Å². The highest BCUT2D eigenvalue weighted by Crippen LogP contribution is 2.30. The van der Waals surface area contributed by atoms with Gasteiger partial charge in [0.25, 0.3) is 10.1 Å². The molecule has 2 atom stereocenters. The molecule has 0 saturated carbocycles. The van der Waals surface area contributed by atoms with Crippen LogP contribution in [-0.4, -0.2) is 44.8 Å². The van der Waals surface area contributed by atoms with Gasteiger partial charge < -0.3 is 0 Å². The Labute approximate surface area is 84.7 Å². The minimum atomic E-state index is -3.31. The van der Waals surface area contributed by atoms with E-state index in [0.29, 0.717) is 12.1 Å². The third kappa shape index (κ3) is 1.99. The fourth-order valence-electron chi connectivity index (χ4n) is 2.22. The van der Waals surface area contributed by atoms with E-state index in [9.17, 15) is 8.42 Å². The number of fused-ring (bicyclic) bond motifs is 2. The smallest absolute Gasteiger partial charge is 0.264 e. The Kier molecular flexibility index (Phi) is 2.41. The molecule has 5 heteroatoms. The average Bonchev–Trinajstić information content (AvgIpc) is 2.32. The van der Waals surface area contributed by atoms with Crippen LogP contribution in [0.2, 0.25) is 0 Å². The molecule has 0 aromatic heterocycles. The molecule has 2 rings (SSSR count). The third-order valence-electron chi connectivity index (χ3n) is 2.92. The Morgan fingerprint density at radius 3 is 2.21 bits per heavy atom. The molecule has 1 fully saturated rings. The lowest BCUT2D eigenvalue weighted by Gasteiger charge is -2.35. The van der Waals surface area contributed by atoms with Gasteiger partial charge in [0.15, 0.2) is 0 Å². The number of piperidine rings is 1. The molecule has 0 radical (unpaired) electrons. The third-order valence-corrected chi connectivity index (χ3v) is 3.54. The van der Waals surface area contributed by atoms with Crippen LogP contribution in [0.4, 0.5) is 0 Å². The number of hydrogen-bond donors (Lipinski definition) is 0. The summed E-state index contributed by atoms with van der Waals surface area (Å²) >= 11 is 0. The molecular formula is C9H15NO3S. The second-order valence-electron chi connectivity index (χ2n) is 4.08. The van der Waals surface area contributed by atoms with Crippen LogP contribution in [0.3, 0.4) is 0 Å². The van der Waals surface area contributed by atoms with E-state index in [1.54, 1.807) is 0 Å². The monoisotopic (exact) mass is 217 g/mol. The lowest BCUT2D eigenvalue weighted by molar-refractivity contribution is 0.0803. The van der Waals surface area contributed by atoms with E-state index in [4.69, 9.17) is 4.18 Å². The molecule has 2 aliphatic heterocycles. The van der Waals surface area contributed by atoms with Gasteiger partial charge in [-0.05, 0) is 19.9 Å². The van der Waals surface area contributed by atoms with Gasteiger partial charge in [-0.3, -0.25) is 9.08 Å². The van der Waals surface area contributed by atoms with Crippen LogP contribution in [0, 0.1) is 0 Å². The van der Waals surface area contributed by atoms with Gasteiger partial charge in [0.05, 0.1) is 12.4 Å². The Morgan fingerprint density at radius 2 is 1.79 bits per heavy atom. The van der Waals surface area contributed by atoms with Crippen molar-refractivity contribution in [2.45, 2.75) is 31.0 Å². The predicted octanol–water partition coefficient (Wildman–Crippen LogP) is 0.364. The van der Waals surface area contributed by atoms with Gasteiger partial charge in [-0.1, -0.05) is 12.2 Å². The average molecular weight is 217 g/mol. The van der Waals surface area contributed by atoms with Crippen molar-refractivity contribution in [2.24, 2.45) is 0 Å². The largest absolute Gasteiger partial charge is 0.293 e. The molecule has 0 aliphatic carbocycles. The van der Waals surface area contributed by atoms with Gasteiger partial charge in [0, 0.05) is 12.1 Å². The van der Waals surface area contributed by atoms with Gasteiger partial charge in [-0.2, -0.15) is 8.42 Å². The van der Waals surface area contributed by atoms with Crippen molar-refractivity contribution in [3.8, 4) is 0 Å². The molecule has 1 saturated heterocycles. The first-order chi connectivity index (χ1) is 6.46. The van der Waals surface area contributed by atoms with E-state index in [1.807, 2.05) is 0 Å². The molecule has 2 heterocycles. The van der Waals surface area contributed by atoms with Gasteiger partial charge in [-0.25, -0.2) is 0 Å². The van der Waals surface area contributed by atoms with Crippen LogP contribution < -0.4 is 0 Å². The van der Waals surface area contributed by atoms with E-state index in [0.717, 1.165) is 19.1 Å². The molecule has 0 amide bonds. The van der Waals surface area contributed by atoms with Gasteiger partial charge in [0.2, 0.25) is 0 Å². The lowest BCUT2D eigenvalue weighted by Crippen LogP contribution is -2.44. The maximum Gasteiger partial charge on any atom is 0.264 e. The highest BCUT2D eigenvalue weighted by Gasteiger charge is 2.36. The first-order valence-corrected chi connectivity index (χ1v) is 6.56. The fourth-order valence-corrected chi connectivity index (χ4v) is 2.88. The predicted molar refractivity (Wildman–Crippen MR) is 53.4 cm³/mol. The van der Waals surface area contributed by atoms with E-state index in [-0.39, 0.29) is 6.10 Å². The minimum Gasteiger partial charge on any atom is -0.293 e. The maximum absolute atomic E-state index is 11.0. The van der Waals surface area contributed by atoms with Gasteiger partial charge in [-0.15, -0.1) is 0 Å². The molecule has 14 heavy (non-hydrogen) atoms. The van der Waals surface area contributed by atoms with Crippen LogP contribution in [0.5, 0.6) is 0 Å². The Morgan fingerprint density at radius 1 is 1.29 bits per heavy atom. The zero-order valence-electron chi connectivity index (χ0n) is 8.38. The summed E-state index contributed by atoms with van der Waals surface area (Å²) in [6.45, 7) is 0. The molecule has 2 bridgehead atoms. The SMILES string of the molecule is CN1C2C=CC1CC(OS(C)(=O)=O)C2. The topological polar surface area (TPSA) is 46.6 Å². The zero-order chi connectivity index (χ0) is 10.3. The second-order valence-corrected chi connectivity index (χ2v) is 5.68. The molecule has 2 aliphatic rings. The highest BCUT2D eigenvalue weighted by molar-refractivity contribution is 7.86. The Bertz CT molecular complexity index is 333. The first kappa shape index (κ1) is 10.1. The molecule has 2 unspecified atom stereocenters. The van der Waals surface area contributed by atoms with Crippen LogP contribution in [-0.2, 0) is 14.3 Å². The minimum absolute atomic E-state index is 0.147. The summed E-state index contributed by atoms with van der Waals surface area (Å²) in [6, 6.07) is 0.695. The second kappa shape index (κ2) is 3.32. The van der Waals surface area contributed by atoms with Crippen molar-refractivity contribution in [3.05, 3.63) is 12.2 Å². The number of likely N-dealkylation sites (N-methyl/N-ethyl adjacent to an activating group) is 1. The summed E-state index contributed by atoms with van der Waals surface area (Å²) in [7, 11) is -1.25. The number of hydrogen-bond acceptors (Lipinski definition) is 4. The van der Waals surface area contributed by atoms with Crippen LogP contribution in [0.15, 0.2) is 12.2 Å². The molecule has 80 valence electrons. The summed E-state index contributed by atoms with van der Waals surface area (Å²) in [5.74, 6) is 0. The van der Waals surface area contributed by atoms with Crippen molar-refractivity contribution < 1.29 is 12.6 Å². The van der Waals surface area contributed by atoms with Gasteiger partial charge in [0.1, 0.15) is 0 Å². The van der Waals surface area contributed by atoms with Crippen LogP contribution in [0.1, 0.15) is 12.8 Å². The quantitative estimate of drug-likeness (QED) is 0.495. The number of rotatable bonds is 2. The number of nitrogens with zero attached hydrogens (tertiary/aromatic N) is 1. The summed E-state index contributed by atoms with van der Waals surface area (Å²) in [5.41, 5.74) is 0. The maximum atomic E-state index is 11.0. The van der Waals surface area contributed by atoms with Crippen molar-refractivity contribution in [3.63, 3.8) is 0 Å². The van der Waals surface area contributed by atoms with Gasteiger partial charge >= 0.3 is 0 Å². The zero-order valence-corrected chi connectivity index (χ0v) is 9.20. The van der Waals surface area contributed by atoms with Crippen molar-refractivity contribution in [2.75, 3.05) is 13.3 Å². The van der Waals surface area contributed by atoms with Crippen LogP contribution >= 0.6 is 0 Å². The molecule has 0 aromatic rings. The summed E-state index contributed by atoms with van der Waals surface area (Å²) in [6.07, 6.45) is 6.78. The Hall–Kier alpha value is -0.390. The van der Waals surface area contributed by atoms with E-state index < -0.39 is 10.1 Å². The summed E-state index contributed by atoms with van der Waals surface area (Å²) in [4.78, 5) is 2.25. The molecule has 0 spiro atoms. The van der Waals surface area contributed by atoms with Crippen LogP contribution in [0.25, 0.3) is 0 Å². The highest BCUT2D eigenvalue weighted by atomic mass is 32.2. The van der Waals surface area contributed by atoms with Crippen molar-refractivity contribution >= 4 is 10.1 Å². The molecule has 0 aromatic carbocycles.